The summed E-state index contributed by atoms with van der Waals surface area (Å²) < 4.78 is 26.8. The van der Waals surface area contributed by atoms with Crippen molar-refractivity contribution in [2.75, 3.05) is 17.1 Å². The first kappa shape index (κ1) is 32.8. The molecule has 0 radical (unpaired) electrons. The third kappa shape index (κ3) is 9.21. The van der Waals surface area contributed by atoms with E-state index >= 15 is 0 Å². The quantitative estimate of drug-likeness (QED) is 0.229. The summed E-state index contributed by atoms with van der Waals surface area (Å²) in [4.78, 5) is 29.5. The maximum atomic E-state index is 14.0. The molecule has 3 aromatic rings. The number of anilines is 1. The van der Waals surface area contributed by atoms with Gasteiger partial charge in [0.25, 0.3) is 0 Å². The molecule has 0 unspecified atom stereocenters. The Morgan fingerprint density at radius 1 is 0.930 bits per heavy atom. The second-order valence-corrected chi connectivity index (χ2v) is 13.9. The van der Waals surface area contributed by atoms with Gasteiger partial charge in [-0.15, -0.1) is 0 Å². The molecule has 1 N–H and O–H groups in total. The van der Waals surface area contributed by atoms with Crippen LogP contribution in [0.15, 0.2) is 72.8 Å². The van der Waals surface area contributed by atoms with Crippen LogP contribution in [0.5, 0.6) is 0 Å². The molecule has 1 atom stereocenters. The zero-order valence-corrected chi connectivity index (χ0v) is 27.0. The molecule has 7 nitrogen and oxygen atoms in total. The number of nitrogens with zero attached hydrogens (tertiary/aromatic N) is 2. The van der Waals surface area contributed by atoms with E-state index in [1.807, 2.05) is 42.5 Å². The fourth-order valence-electron chi connectivity index (χ4n) is 5.56. The minimum absolute atomic E-state index is 0.0568. The second kappa shape index (κ2) is 15.1. The van der Waals surface area contributed by atoms with Crippen LogP contribution in [-0.2, 0) is 32.6 Å². The first-order valence-corrected chi connectivity index (χ1v) is 17.2. The van der Waals surface area contributed by atoms with Crippen molar-refractivity contribution in [1.82, 2.24) is 10.2 Å². The minimum Gasteiger partial charge on any atom is -0.352 e. The third-order valence-electron chi connectivity index (χ3n) is 7.90. The van der Waals surface area contributed by atoms with Crippen LogP contribution in [0.1, 0.15) is 55.2 Å². The lowest BCUT2D eigenvalue weighted by Crippen LogP contribution is -2.52. The lowest BCUT2D eigenvalue weighted by Gasteiger charge is -2.33. The van der Waals surface area contributed by atoms with Crippen LogP contribution in [0, 0.1) is 6.92 Å². The number of sulfonamides is 1. The number of halogens is 2. The molecule has 0 bridgehead atoms. The summed E-state index contributed by atoms with van der Waals surface area (Å²) >= 11 is 12.4. The fourth-order valence-corrected chi connectivity index (χ4v) is 6.87. The number of amides is 2. The molecule has 230 valence electrons. The van der Waals surface area contributed by atoms with Crippen LogP contribution in [0.3, 0.4) is 0 Å². The molecular weight excluding hydrogens is 605 g/mol. The zero-order chi connectivity index (χ0) is 31.0. The van der Waals surface area contributed by atoms with E-state index in [0.29, 0.717) is 27.7 Å². The number of carbonyl (C=O) groups excluding carboxylic acids is 2. The summed E-state index contributed by atoms with van der Waals surface area (Å²) in [6.07, 6.45) is 5.83. The van der Waals surface area contributed by atoms with Crippen LogP contribution in [0.4, 0.5) is 5.69 Å². The van der Waals surface area contributed by atoms with Gasteiger partial charge in [-0.1, -0.05) is 84.6 Å². The summed E-state index contributed by atoms with van der Waals surface area (Å²) in [6.45, 7) is 2.08. The molecule has 1 aliphatic rings. The number of hydrogen-bond donors (Lipinski definition) is 1. The van der Waals surface area contributed by atoms with Crippen molar-refractivity contribution >= 4 is 50.7 Å². The van der Waals surface area contributed by atoms with Crippen molar-refractivity contribution in [2.24, 2.45) is 0 Å². The Bertz CT molecular complexity index is 1490. The van der Waals surface area contributed by atoms with Gasteiger partial charge in [0.05, 0.1) is 11.9 Å². The lowest BCUT2D eigenvalue weighted by atomic mass is 10.0. The highest BCUT2D eigenvalue weighted by Crippen LogP contribution is 2.29. The summed E-state index contributed by atoms with van der Waals surface area (Å²) in [7, 11) is -3.64. The monoisotopic (exact) mass is 643 g/mol. The van der Waals surface area contributed by atoms with Gasteiger partial charge in [-0.3, -0.25) is 13.9 Å². The Balaban J connectivity index is 1.59. The van der Waals surface area contributed by atoms with Gasteiger partial charge in [0.1, 0.15) is 6.04 Å². The third-order valence-corrected chi connectivity index (χ3v) is 9.74. The highest BCUT2D eigenvalue weighted by Gasteiger charge is 2.32. The van der Waals surface area contributed by atoms with E-state index in [1.165, 1.54) is 4.31 Å². The predicted octanol–water partition coefficient (Wildman–Crippen LogP) is 6.55. The zero-order valence-electron chi connectivity index (χ0n) is 24.6. The van der Waals surface area contributed by atoms with E-state index in [0.717, 1.165) is 43.1 Å². The molecule has 0 heterocycles. The van der Waals surface area contributed by atoms with Gasteiger partial charge in [0, 0.05) is 42.0 Å². The predicted molar refractivity (Wildman–Crippen MR) is 174 cm³/mol. The topological polar surface area (TPSA) is 86.8 Å². The van der Waals surface area contributed by atoms with Crippen LogP contribution < -0.4 is 9.62 Å². The van der Waals surface area contributed by atoms with Crippen molar-refractivity contribution in [1.29, 1.82) is 0 Å². The van der Waals surface area contributed by atoms with Crippen molar-refractivity contribution in [2.45, 2.75) is 70.5 Å². The lowest BCUT2D eigenvalue weighted by molar-refractivity contribution is -0.141. The van der Waals surface area contributed by atoms with E-state index in [1.54, 1.807) is 42.2 Å². The van der Waals surface area contributed by atoms with Gasteiger partial charge in [-0.2, -0.15) is 0 Å². The van der Waals surface area contributed by atoms with Crippen LogP contribution >= 0.6 is 23.2 Å². The molecular formula is C33H39Cl2N3O4S. The Morgan fingerprint density at radius 2 is 1.60 bits per heavy atom. The highest BCUT2D eigenvalue weighted by molar-refractivity contribution is 7.92. The summed E-state index contributed by atoms with van der Waals surface area (Å²) in [5.41, 5.74) is 2.93. The molecule has 3 aromatic carbocycles. The van der Waals surface area contributed by atoms with E-state index in [9.17, 15) is 18.0 Å². The molecule has 0 spiro atoms. The summed E-state index contributed by atoms with van der Waals surface area (Å²) in [5, 5.41) is 4.25. The second-order valence-electron chi connectivity index (χ2n) is 11.2. The normalized spacial score (nSPS) is 14.3. The maximum absolute atomic E-state index is 14.0. The number of hydrogen-bond acceptors (Lipinski definition) is 4. The van der Waals surface area contributed by atoms with Gasteiger partial charge in [0.2, 0.25) is 21.8 Å². The summed E-state index contributed by atoms with van der Waals surface area (Å²) in [5.74, 6) is -0.404. The first-order chi connectivity index (χ1) is 20.5. The molecule has 0 saturated heterocycles. The summed E-state index contributed by atoms with van der Waals surface area (Å²) in [6, 6.07) is 21.4. The van der Waals surface area contributed by atoms with Crippen molar-refractivity contribution in [3.8, 4) is 0 Å². The van der Waals surface area contributed by atoms with Gasteiger partial charge in [-0.05, 0) is 67.1 Å². The number of benzene rings is 3. The fraction of sp³-hybridized carbons (Fsp3) is 0.394. The van der Waals surface area contributed by atoms with E-state index < -0.39 is 16.1 Å². The van der Waals surface area contributed by atoms with Gasteiger partial charge in [0.15, 0.2) is 0 Å². The molecule has 0 aromatic heterocycles. The largest absolute Gasteiger partial charge is 0.352 e. The Morgan fingerprint density at radius 3 is 2.26 bits per heavy atom. The van der Waals surface area contributed by atoms with Gasteiger partial charge in [-0.25, -0.2) is 8.42 Å². The molecule has 1 saturated carbocycles. The first-order valence-electron chi connectivity index (χ1n) is 14.6. The number of rotatable bonds is 13. The van der Waals surface area contributed by atoms with E-state index in [4.69, 9.17) is 23.2 Å². The number of nitrogens with one attached hydrogen (secondary N) is 1. The SMILES string of the molecule is Cc1c(Cl)cccc1N(CCCC(=O)N(Cc1ccc(Cl)cc1)[C@H](Cc1ccccc1)C(=O)NC1CCCC1)S(C)(=O)=O. The van der Waals surface area contributed by atoms with Gasteiger partial charge < -0.3 is 10.2 Å². The smallest absolute Gasteiger partial charge is 0.243 e. The Hall–Kier alpha value is -3.07. The molecule has 10 heteroatoms. The van der Waals surface area contributed by atoms with Crippen LogP contribution in [0.2, 0.25) is 10.0 Å². The van der Waals surface area contributed by atoms with E-state index in [2.05, 4.69) is 5.32 Å². The van der Waals surface area contributed by atoms with Gasteiger partial charge >= 0.3 is 0 Å². The minimum atomic E-state index is -3.64. The van der Waals surface area contributed by atoms with Crippen LogP contribution in [0.25, 0.3) is 0 Å². The average molecular weight is 645 g/mol. The molecule has 0 aliphatic heterocycles. The Kier molecular flexibility index (Phi) is 11.5. The molecule has 1 aliphatic carbocycles. The molecule has 4 rings (SSSR count). The molecule has 1 fully saturated rings. The Labute approximate surface area is 265 Å². The van der Waals surface area contributed by atoms with Crippen molar-refractivity contribution in [3.63, 3.8) is 0 Å². The standard InChI is InChI=1S/C33H39Cl2N3O4S/c1-24-29(35)14-8-15-30(24)38(43(2,41)42)21-9-16-32(39)37(23-26-17-19-27(34)20-18-26)31(22-25-10-4-3-5-11-25)33(40)36-28-12-6-7-13-28/h3-5,8,10-11,14-15,17-20,28,31H,6-7,9,12-13,16,21-23H2,1-2H3,(H,36,40)/t31-/m1/s1. The average Bonchev–Trinajstić information content (AvgIpc) is 3.48. The molecule has 2 amide bonds. The maximum Gasteiger partial charge on any atom is 0.243 e. The van der Waals surface area contributed by atoms with Crippen molar-refractivity contribution < 1.29 is 18.0 Å². The van der Waals surface area contributed by atoms with Crippen molar-refractivity contribution in [3.05, 3.63) is 99.5 Å². The number of carbonyl (C=O) groups is 2. The molecule has 43 heavy (non-hydrogen) atoms. The highest BCUT2D eigenvalue weighted by atomic mass is 35.5. The van der Waals surface area contributed by atoms with Crippen LogP contribution in [-0.4, -0.2) is 50.0 Å². The van der Waals surface area contributed by atoms with E-state index in [-0.39, 0.29) is 43.8 Å².